The lowest BCUT2D eigenvalue weighted by molar-refractivity contribution is 0.0939. The first-order chi connectivity index (χ1) is 13.8. The van der Waals surface area contributed by atoms with Gasteiger partial charge in [-0.15, -0.1) is 0 Å². The lowest BCUT2D eigenvalue weighted by Crippen LogP contribution is -2.25. The molecular weight excluding hydrogens is 456 g/mol. The molecule has 3 N–H and O–H groups in total. The number of nitrogens with two attached hydrogens (primary N) is 1. The van der Waals surface area contributed by atoms with Crippen molar-refractivity contribution >= 4 is 37.6 Å². The molecule has 8 heteroatoms. The minimum Gasteiger partial charge on any atom is -0.348 e. The zero-order valence-electron chi connectivity index (χ0n) is 15.1. The first-order valence-electron chi connectivity index (χ1n) is 8.55. The van der Waals surface area contributed by atoms with E-state index in [9.17, 15) is 18.0 Å². The molecule has 0 heterocycles. The number of benzene rings is 3. The average Bonchev–Trinajstić information content (AvgIpc) is 2.71. The molecule has 148 valence electrons. The molecule has 6 nitrogen and oxygen atoms in total. The summed E-state index contributed by atoms with van der Waals surface area (Å²) >= 11 is 3.33. The highest BCUT2D eigenvalue weighted by molar-refractivity contribution is 9.10. The smallest absolute Gasteiger partial charge is 0.252 e. The van der Waals surface area contributed by atoms with Gasteiger partial charge in [0.25, 0.3) is 5.91 Å². The van der Waals surface area contributed by atoms with Crippen LogP contribution in [-0.4, -0.2) is 20.1 Å². The Morgan fingerprint density at radius 2 is 1.55 bits per heavy atom. The van der Waals surface area contributed by atoms with Crippen LogP contribution >= 0.6 is 15.9 Å². The summed E-state index contributed by atoms with van der Waals surface area (Å²) in [5, 5.41) is 7.85. The summed E-state index contributed by atoms with van der Waals surface area (Å²) in [6.45, 7) is 0.0863. The molecule has 0 fully saturated rings. The molecule has 0 unspecified atom stereocenters. The molecule has 0 saturated heterocycles. The van der Waals surface area contributed by atoms with Gasteiger partial charge in [-0.05, 0) is 48.0 Å². The van der Waals surface area contributed by atoms with Gasteiger partial charge in [-0.2, -0.15) is 0 Å². The van der Waals surface area contributed by atoms with Gasteiger partial charge in [0.2, 0.25) is 10.0 Å². The molecule has 3 rings (SSSR count). The fourth-order valence-corrected chi connectivity index (χ4v) is 3.59. The second-order valence-electron chi connectivity index (χ2n) is 6.26. The minimum absolute atomic E-state index is 0.0323. The SMILES string of the molecule is NS(=O)(=O)c1cccc(CNC(=O)c2ccccc2C(=O)c2ccc(Br)cc2)c1. The third-order valence-corrected chi connectivity index (χ3v) is 5.64. The van der Waals surface area contributed by atoms with E-state index in [2.05, 4.69) is 21.2 Å². The van der Waals surface area contributed by atoms with Crippen molar-refractivity contribution in [2.45, 2.75) is 11.4 Å². The second kappa shape index (κ2) is 8.69. The molecule has 0 aliphatic heterocycles. The third kappa shape index (κ3) is 5.17. The number of carbonyl (C=O) groups is 2. The van der Waals surface area contributed by atoms with E-state index in [1.165, 1.54) is 12.1 Å². The Morgan fingerprint density at radius 3 is 2.21 bits per heavy atom. The van der Waals surface area contributed by atoms with Gasteiger partial charge in [0.15, 0.2) is 5.78 Å². The van der Waals surface area contributed by atoms with E-state index in [4.69, 9.17) is 5.14 Å². The van der Waals surface area contributed by atoms with Crippen molar-refractivity contribution in [3.63, 3.8) is 0 Å². The maximum absolute atomic E-state index is 12.8. The zero-order valence-corrected chi connectivity index (χ0v) is 17.5. The number of carbonyl (C=O) groups excluding carboxylic acids is 2. The first-order valence-corrected chi connectivity index (χ1v) is 10.9. The molecule has 0 bridgehead atoms. The molecular formula is C21H17BrN2O4S. The molecule has 29 heavy (non-hydrogen) atoms. The van der Waals surface area contributed by atoms with Gasteiger partial charge in [0, 0.05) is 22.1 Å². The monoisotopic (exact) mass is 472 g/mol. The highest BCUT2D eigenvalue weighted by atomic mass is 79.9. The normalized spacial score (nSPS) is 11.1. The number of nitrogens with one attached hydrogen (secondary N) is 1. The molecule has 0 atom stereocenters. The van der Waals surface area contributed by atoms with Crippen molar-refractivity contribution in [3.8, 4) is 0 Å². The molecule has 0 aliphatic carbocycles. The maximum atomic E-state index is 12.8. The maximum Gasteiger partial charge on any atom is 0.252 e. The van der Waals surface area contributed by atoms with Crippen molar-refractivity contribution < 1.29 is 18.0 Å². The molecule has 0 spiro atoms. The molecule has 3 aromatic rings. The van der Waals surface area contributed by atoms with Gasteiger partial charge in [-0.1, -0.05) is 46.3 Å². The van der Waals surface area contributed by atoms with E-state index in [0.717, 1.165) is 4.47 Å². The van der Waals surface area contributed by atoms with E-state index < -0.39 is 15.9 Å². The Kier molecular flexibility index (Phi) is 6.26. The molecule has 0 aromatic heterocycles. The van der Waals surface area contributed by atoms with Crippen LogP contribution < -0.4 is 10.5 Å². The molecule has 1 amide bonds. The predicted molar refractivity (Wildman–Crippen MR) is 113 cm³/mol. The summed E-state index contributed by atoms with van der Waals surface area (Å²) < 4.78 is 23.8. The summed E-state index contributed by atoms with van der Waals surface area (Å²) in [7, 11) is -3.83. The standard InChI is InChI=1S/C21H17BrN2O4S/c22-16-10-8-15(9-11-16)20(25)18-6-1-2-7-19(18)21(26)24-13-14-4-3-5-17(12-14)29(23,27)28/h1-12H,13H2,(H,24,26)(H2,23,27,28). The molecule has 0 saturated carbocycles. The quantitative estimate of drug-likeness (QED) is 0.536. The van der Waals surface area contributed by atoms with Crippen molar-refractivity contribution in [1.82, 2.24) is 5.32 Å². The van der Waals surface area contributed by atoms with Crippen LogP contribution in [0.15, 0.2) is 82.2 Å². The fraction of sp³-hybridized carbons (Fsp3) is 0.0476. The number of amides is 1. The molecule has 0 aliphatic rings. The third-order valence-electron chi connectivity index (χ3n) is 4.20. The zero-order chi connectivity index (χ0) is 21.0. The Bertz CT molecular complexity index is 1180. The summed E-state index contributed by atoms with van der Waals surface area (Å²) in [5.74, 6) is -0.702. The summed E-state index contributed by atoms with van der Waals surface area (Å²) in [6, 6.07) is 19.4. The highest BCUT2D eigenvalue weighted by Crippen LogP contribution is 2.18. The van der Waals surface area contributed by atoms with Gasteiger partial charge in [0.05, 0.1) is 10.5 Å². The first kappa shape index (κ1) is 20.9. The van der Waals surface area contributed by atoms with E-state index >= 15 is 0 Å². The lowest BCUT2D eigenvalue weighted by Gasteiger charge is -2.10. The van der Waals surface area contributed by atoms with Crippen molar-refractivity contribution in [1.29, 1.82) is 0 Å². The number of rotatable bonds is 6. The molecule has 0 radical (unpaired) electrons. The number of primary sulfonamides is 1. The van der Waals surface area contributed by atoms with Crippen LogP contribution in [0.4, 0.5) is 0 Å². The van der Waals surface area contributed by atoms with Gasteiger partial charge >= 0.3 is 0 Å². The van der Waals surface area contributed by atoms with Gasteiger partial charge in [0.1, 0.15) is 0 Å². The van der Waals surface area contributed by atoms with Crippen LogP contribution in [0.5, 0.6) is 0 Å². The largest absolute Gasteiger partial charge is 0.348 e. The number of hydrogen-bond acceptors (Lipinski definition) is 4. The summed E-state index contributed by atoms with van der Waals surface area (Å²) in [5.41, 5.74) is 1.56. The number of ketones is 1. The van der Waals surface area contributed by atoms with Crippen LogP contribution in [-0.2, 0) is 16.6 Å². The number of sulfonamides is 1. The predicted octanol–water partition coefficient (Wildman–Crippen LogP) is 3.26. The van der Waals surface area contributed by atoms with Crippen molar-refractivity contribution in [2.75, 3.05) is 0 Å². The number of hydrogen-bond donors (Lipinski definition) is 2. The van der Waals surface area contributed by atoms with Gasteiger partial charge in [-0.3, -0.25) is 9.59 Å². The summed E-state index contributed by atoms with van der Waals surface area (Å²) in [6.07, 6.45) is 0. The van der Waals surface area contributed by atoms with Crippen LogP contribution in [0.1, 0.15) is 31.8 Å². The van der Waals surface area contributed by atoms with Crippen LogP contribution in [0.3, 0.4) is 0 Å². The highest BCUT2D eigenvalue weighted by Gasteiger charge is 2.18. The van der Waals surface area contributed by atoms with E-state index in [1.807, 2.05) is 0 Å². The van der Waals surface area contributed by atoms with E-state index in [1.54, 1.807) is 60.7 Å². The Labute approximate surface area is 176 Å². The Balaban J connectivity index is 1.80. The minimum atomic E-state index is -3.83. The fourth-order valence-electron chi connectivity index (χ4n) is 2.75. The topological polar surface area (TPSA) is 106 Å². The second-order valence-corrected chi connectivity index (χ2v) is 8.73. The Morgan fingerprint density at radius 1 is 0.897 bits per heavy atom. The van der Waals surface area contributed by atoms with Gasteiger partial charge < -0.3 is 5.32 Å². The van der Waals surface area contributed by atoms with E-state index in [-0.39, 0.29) is 28.4 Å². The molecule has 3 aromatic carbocycles. The summed E-state index contributed by atoms with van der Waals surface area (Å²) in [4.78, 5) is 25.5. The van der Waals surface area contributed by atoms with Crippen LogP contribution in [0.2, 0.25) is 0 Å². The average molecular weight is 473 g/mol. The van der Waals surface area contributed by atoms with E-state index in [0.29, 0.717) is 11.1 Å². The lowest BCUT2D eigenvalue weighted by atomic mass is 9.98. The van der Waals surface area contributed by atoms with Crippen LogP contribution in [0, 0.1) is 0 Å². The van der Waals surface area contributed by atoms with Crippen molar-refractivity contribution in [2.24, 2.45) is 5.14 Å². The number of halogens is 1. The van der Waals surface area contributed by atoms with Crippen molar-refractivity contribution in [3.05, 3.63) is 99.5 Å². The van der Waals surface area contributed by atoms with Gasteiger partial charge in [-0.25, -0.2) is 13.6 Å². The Hall–Kier alpha value is -2.81. The van der Waals surface area contributed by atoms with Crippen LogP contribution in [0.25, 0.3) is 0 Å².